The van der Waals surface area contributed by atoms with E-state index < -0.39 is 0 Å². The number of azo groups is 1. The summed E-state index contributed by atoms with van der Waals surface area (Å²) < 4.78 is 5.18. The molecule has 108 valence electrons. The quantitative estimate of drug-likeness (QED) is 0.843. The molecule has 0 aliphatic heterocycles. The van der Waals surface area contributed by atoms with Gasteiger partial charge in [0.25, 0.3) is 0 Å². The number of anilines is 2. The molecular formula is C14H15N5O2. The summed E-state index contributed by atoms with van der Waals surface area (Å²) in [6.45, 7) is 1.40. The predicted octanol–water partition coefficient (Wildman–Crippen LogP) is 3.05. The van der Waals surface area contributed by atoms with Crippen LogP contribution in [0.5, 0.6) is 5.75 Å². The summed E-state index contributed by atoms with van der Waals surface area (Å²) in [5.74, 6) is 0.948. The van der Waals surface area contributed by atoms with Gasteiger partial charge in [-0.25, -0.2) is 4.98 Å². The van der Waals surface area contributed by atoms with Crippen LogP contribution in [0.3, 0.4) is 0 Å². The lowest BCUT2D eigenvalue weighted by atomic mass is 10.3. The summed E-state index contributed by atoms with van der Waals surface area (Å²) in [4.78, 5) is 15.0. The maximum atomic E-state index is 10.9. The summed E-state index contributed by atoms with van der Waals surface area (Å²) in [7, 11) is 1.56. The minimum Gasteiger partial charge on any atom is -0.494 e. The maximum Gasteiger partial charge on any atom is 0.222 e. The molecule has 1 aromatic carbocycles. The minimum atomic E-state index is -0.217. The molecule has 1 heterocycles. The highest BCUT2D eigenvalue weighted by molar-refractivity contribution is 5.88. The first-order valence-corrected chi connectivity index (χ1v) is 6.19. The normalized spacial score (nSPS) is 10.6. The fourth-order valence-corrected chi connectivity index (χ4v) is 1.62. The van der Waals surface area contributed by atoms with Crippen LogP contribution >= 0.6 is 0 Å². The van der Waals surface area contributed by atoms with Crippen LogP contribution in [0.1, 0.15) is 6.92 Å². The zero-order valence-electron chi connectivity index (χ0n) is 11.7. The summed E-state index contributed by atoms with van der Waals surface area (Å²) in [5, 5.41) is 10.7. The molecule has 0 saturated heterocycles. The van der Waals surface area contributed by atoms with Gasteiger partial charge >= 0.3 is 0 Å². The Labute approximate surface area is 121 Å². The predicted molar refractivity (Wildman–Crippen MR) is 80.1 cm³/mol. The molecule has 1 aromatic heterocycles. The maximum absolute atomic E-state index is 10.9. The number of benzene rings is 1. The zero-order chi connectivity index (χ0) is 15.2. The van der Waals surface area contributed by atoms with Crippen molar-refractivity contribution in [3.8, 4) is 5.75 Å². The number of pyridine rings is 1. The Kier molecular flexibility index (Phi) is 4.45. The molecule has 0 atom stereocenters. The van der Waals surface area contributed by atoms with E-state index in [0.29, 0.717) is 22.9 Å². The molecule has 7 heteroatoms. The van der Waals surface area contributed by atoms with E-state index in [1.54, 1.807) is 31.4 Å². The van der Waals surface area contributed by atoms with Gasteiger partial charge in [0.05, 0.1) is 7.11 Å². The van der Waals surface area contributed by atoms with Crippen molar-refractivity contribution in [1.29, 1.82) is 0 Å². The van der Waals surface area contributed by atoms with Crippen molar-refractivity contribution in [1.82, 2.24) is 4.98 Å². The summed E-state index contributed by atoms with van der Waals surface area (Å²) in [6, 6.07) is 10.5. The lowest BCUT2D eigenvalue weighted by molar-refractivity contribution is -0.114. The fraction of sp³-hybridized carbons (Fsp3) is 0.143. The number of ether oxygens (including phenoxy) is 1. The van der Waals surface area contributed by atoms with E-state index in [-0.39, 0.29) is 11.7 Å². The molecule has 0 aliphatic carbocycles. The number of methoxy groups -OCH3 is 1. The Hall–Kier alpha value is -2.96. The van der Waals surface area contributed by atoms with Crippen molar-refractivity contribution in [2.45, 2.75) is 6.92 Å². The van der Waals surface area contributed by atoms with Gasteiger partial charge in [-0.05, 0) is 24.3 Å². The molecule has 7 nitrogen and oxygen atoms in total. The smallest absolute Gasteiger partial charge is 0.222 e. The molecule has 0 saturated carbocycles. The Morgan fingerprint density at radius 2 is 1.90 bits per heavy atom. The highest BCUT2D eigenvalue weighted by atomic mass is 16.5. The van der Waals surface area contributed by atoms with Gasteiger partial charge < -0.3 is 15.8 Å². The largest absolute Gasteiger partial charge is 0.494 e. The second kappa shape index (κ2) is 6.47. The zero-order valence-corrected chi connectivity index (χ0v) is 11.7. The number of nitrogens with zero attached hydrogens (tertiary/aromatic N) is 3. The van der Waals surface area contributed by atoms with Crippen molar-refractivity contribution < 1.29 is 9.53 Å². The lowest BCUT2D eigenvalue weighted by Gasteiger charge is -2.04. The Morgan fingerprint density at radius 3 is 2.57 bits per heavy atom. The molecule has 0 bridgehead atoms. The molecule has 1 amide bonds. The molecular weight excluding hydrogens is 270 g/mol. The van der Waals surface area contributed by atoms with Crippen LogP contribution in [0.15, 0.2) is 46.6 Å². The van der Waals surface area contributed by atoms with Gasteiger partial charge in [0.15, 0.2) is 5.82 Å². The monoisotopic (exact) mass is 285 g/mol. The number of hydrogen-bond donors (Lipinski definition) is 2. The first-order chi connectivity index (χ1) is 10.1. The number of aromatic nitrogens is 1. The van der Waals surface area contributed by atoms with E-state index in [2.05, 4.69) is 20.5 Å². The molecule has 0 radical (unpaired) electrons. The van der Waals surface area contributed by atoms with Crippen LogP contribution in [0, 0.1) is 0 Å². The van der Waals surface area contributed by atoms with Gasteiger partial charge in [-0.1, -0.05) is 12.1 Å². The third-order valence-corrected chi connectivity index (χ3v) is 2.56. The molecule has 0 aliphatic rings. The SMILES string of the molecule is COc1ccccc1N=Nc1ccc(NC(C)=O)nc1N. The molecule has 2 rings (SSSR count). The van der Waals surface area contributed by atoms with Crippen molar-refractivity contribution in [3.63, 3.8) is 0 Å². The van der Waals surface area contributed by atoms with Crippen molar-refractivity contribution in [3.05, 3.63) is 36.4 Å². The van der Waals surface area contributed by atoms with E-state index in [1.807, 2.05) is 12.1 Å². The fourth-order valence-electron chi connectivity index (χ4n) is 1.62. The van der Waals surface area contributed by atoms with Crippen LogP contribution in [-0.2, 0) is 4.79 Å². The average molecular weight is 285 g/mol. The highest BCUT2D eigenvalue weighted by Crippen LogP contribution is 2.30. The standard InChI is InChI=1S/C14H15N5O2/c1-9(20)16-13-8-7-11(14(15)17-13)19-18-10-5-3-4-6-12(10)21-2/h3-8H,1-2H3,(H3,15,16,17,20). The van der Waals surface area contributed by atoms with Gasteiger partial charge in [-0.2, -0.15) is 0 Å². The van der Waals surface area contributed by atoms with Crippen LogP contribution in [0.2, 0.25) is 0 Å². The summed E-state index contributed by atoms with van der Waals surface area (Å²) in [5.41, 5.74) is 6.78. The number of carbonyl (C=O) groups is 1. The molecule has 0 fully saturated rings. The first kappa shape index (κ1) is 14.4. The van der Waals surface area contributed by atoms with E-state index in [4.69, 9.17) is 10.5 Å². The third-order valence-electron chi connectivity index (χ3n) is 2.56. The number of nitrogen functional groups attached to an aromatic ring is 1. The molecule has 21 heavy (non-hydrogen) atoms. The van der Waals surface area contributed by atoms with E-state index >= 15 is 0 Å². The van der Waals surface area contributed by atoms with Crippen LogP contribution in [0.4, 0.5) is 23.0 Å². The van der Waals surface area contributed by atoms with E-state index in [1.165, 1.54) is 6.92 Å². The number of hydrogen-bond acceptors (Lipinski definition) is 6. The Morgan fingerprint density at radius 1 is 1.19 bits per heavy atom. The summed E-state index contributed by atoms with van der Waals surface area (Å²) >= 11 is 0. The molecule has 0 unspecified atom stereocenters. The summed E-state index contributed by atoms with van der Waals surface area (Å²) in [6.07, 6.45) is 0. The second-order valence-electron chi connectivity index (χ2n) is 4.15. The van der Waals surface area contributed by atoms with E-state index in [9.17, 15) is 4.79 Å². The topological polar surface area (TPSA) is 102 Å². The van der Waals surface area contributed by atoms with Gasteiger partial charge in [0.2, 0.25) is 5.91 Å². The van der Waals surface area contributed by atoms with Crippen molar-refractivity contribution in [2.75, 3.05) is 18.2 Å². The third kappa shape index (κ3) is 3.75. The highest BCUT2D eigenvalue weighted by Gasteiger charge is 2.04. The Bertz CT molecular complexity index is 685. The number of nitrogens with one attached hydrogen (secondary N) is 1. The number of rotatable bonds is 4. The number of para-hydroxylation sites is 1. The first-order valence-electron chi connectivity index (χ1n) is 6.19. The Balaban J connectivity index is 2.23. The van der Waals surface area contributed by atoms with Crippen LogP contribution < -0.4 is 15.8 Å². The van der Waals surface area contributed by atoms with E-state index in [0.717, 1.165) is 0 Å². The van der Waals surface area contributed by atoms with Gasteiger partial charge in [-0.3, -0.25) is 4.79 Å². The lowest BCUT2D eigenvalue weighted by Crippen LogP contribution is -2.08. The molecule has 3 N–H and O–H groups in total. The number of carbonyl (C=O) groups excluding carboxylic acids is 1. The average Bonchev–Trinajstić information content (AvgIpc) is 2.46. The second-order valence-corrected chi connectivity index (χ2v) is 4.15. The minimum absolute atomic E-state index is 0.180. The molecule has 2 aromatic rings. The number of nitrogens with two attached hydrogens (primary N) is 1. The van der Waals surface area contributed by atoms with Gasteiger partial charge in [0.1, 0.15) is 22.9 Å². The van der Waals surface area contributed by atoms with Crippen molar-refractivity contribution in [2.24, 2.45) is 10.2 Å². The molecule has 0 spiro atoms. The van der Waals surface area contributed by atoms with Crippen LogP contribution in [-0.4, -0.2) is 18.0 Å². The van der Waals surface area contributed by atoms with Crippen molar-refractivity contribution >= 4 is 28.9 Å². The van der Waals surface area contributed by atoms with Gasteiger partial charge in [0, 0.05) is 6.92 Å². The number of amides is 1. The van der Waals surface area contributed by atoms with Crippen LogP contribution in [0.25, 0.3) is 0 Å². The van der Waals surface area contributed by atoms with Gasteiger partial charge in [-0.15, -0.1) is 10.2 Å².